The van der Waals surface area contributed by atoms with E-state index >= 15 is 0 Å². The van der Waals surface area contributed by atoms with Crippen molar-refractivity contribution in [1.29, 1.82) is 0 Å². The van der Waals surface area contributed by atoms with Crippen molar-refractivity contribution in [2.24, 2.45) is 0 Å². The Kier molecular flexibility index (Phi) is 5.81. The Labute approximate surface area is 145 Å². The van der Waals surface area contributed by atoms with E-state index in [0.717, 1.165) is 31.2 Å². The summed E-state index contributed by atoms with van der Waals surface area (Å²) < 4.78 is 36.9. The Morgan fingerprint density at radius 1 is 1.21 bits per heavy atom. The first kappa shape index (κ1) is 19.1. The second-order valence-electron chi connectivity index (χ2n) is 6.61. The van der Waals surface area contributed by atoms with Gasteiger partial charge in [0, 0.05) is 17.6 Å². The molecule has 0 spiro atoms. The average molecular weight is 356 g/mol. The summed E-state index contributed by atoms with van der Waals surface area (Å²) in [6, 6.07) is 3.32. The van der Waals surface area contributed by atoms with Gasteiger partial charge in [-0.15, -0.1) is 0 Å². The van der Waals surface area contributed by atoms with Crippen LogP contribution in [0.25, 0.3) is 0 Å². The number of rotatable bonds is 6. The topological polar surface area (TPSA) is 64.6 Å². The van der Waals surface area contributed by atoms with Crippen molar-refractivity contribution in [2.45, 2.75) is 62.9 Å². The first-order valence-corrected chi connectivity index (χ1v) is 10.2. The van der Waals surface area contributed by atoms with Crippen LogP contribution < -0.4 is 14.8 Å². The molecular formula is C18H29NO4S. The number of hydrogen-bond acceptors (Lipinski definition) is 5. The Hall–Kier alpha value is -1.27. The van der Waals surface area contributed by atoms with E-state index in [-0.39, 0.29) is 11.8 Å². The van der Waals surface area contributed by atoms with E-state index in [0.29, 0.717) is 16.4 Å². The molecular weight excluding hydrogens is 326 g/mol. The number of unbranched alkanes of at least 4 members (excludes halogenated alkanes) is 1. The van der Waals surface area contributed by atoms with Crippen LogP contribution in [0.4, 0.5) is 0 Å². The van der Waals surface area contributed by atoms with Gasteiger partial charge in [0.2, 0.25) is 0 Å². The summed E-state index contributed by atoms with van der Waals surface area (Å²) in [5.41, 5.74) is 0.354. The number of hydrogen-bond donors (Lipinski definition) is 1. The van der Waals surface area contributed by atoms with Gasteiger partial charge in [-0.1, -0.05) is 26.7 Å². The number of benzene rings is 1. The van der Waals surface area contributed by atoms with Crippen LogP contribution in [0.5, 0.6) is 11.5 Å². The molecule has 0 radical (unpaired) electrons. The monoisotopic (exact) mass is 355 g/mol. The molecule has 0 amide bonds. The zero-order valence-corrected chi connectivity index (χ0v) is 16.1. The van der Waals surface area contributed by atoms with Crippen LogP contribution in [0.15, 0.2) is 17.0 Å². The third kappa shape index (κ3) is 3.54. The molecule has 1 heterocycles. The number of nitrogens with one attached hydrogen (secondary N) is 1. The zero-order chi connectivity index (χ0) is 18.0. The molecule has 1 aliphatic rings. The van der Waals surface area contributed by atoms with E-state index in [1.807, 2.05) is 6.92 Å². The van der Waals surface area contributed by atoms with Gasteiger partial charge in [0.15, 0.2) is 21.3 Å². The molecule has 0 aliphatic carbocycles. The highest BCUT2D eigenvalue weighted by atomic mass is 32.2. The van der Waals surface area contributed by atoms with Crippen molar-refractivity contribution in [3.63, 3.8) is 0 Å². The van der Waals surface area contributed by atoms with Gasteiger partial charge in [-0.2, -0.15) is 0 Å². The van der Waals surface area contributed by atoms with E-state index in [2.05, 4.69) is 19.2 Å². The fourth-order valence-electron chi connectivity index (χ4n) is 3.54. The Morgan fingerprint density at radius 3 is 2.38 bits per heavy atom. The molecule has 1 aromatic carbocycles. The van der Waals surface area contributed by atoms with E-state index < -0.39 is 15.4 Å². The maximum Gasteiger partial charge on any atom is 0.180 e. The van der Waals surface area contributed by atoms with E-state index in [9.17, 15) is 8.42 Å². The van der Waals surface area contributed by atoms with Crippen molar-refractivity contribution in [3.8, 4) is 11.5 Å². The fraction of sp³-hybridized carbons (Fsp3) is 0.667. The number of methoxy groups -OCH3 is 2. The summed E-state index contributed by atoms with van der Waals surface area (Å²) in [6.07, 6.45) is 3.68. The summed E-state index contributed by atoms with van der Waals surface area (Å²) in [5, 5.41) is 3.60. The maximum absolute atomic E-state index is 13.1. The molecule has 24 heavy (non-hydrogen) atoms. The number of sulfone groups is 1. The zero-order valence-electron chi connectivity index (χ0n) is 15.3. The summed E-state index contributed by atoms with van der Waals surface area (Å²) in [4.78, 5) is 0.354. The van der Waals surface area contributed by atoms with Gasteiger partial charge < -0.3 is 14.8 Å². The van der Waals surface area contributed by atoms with Crippen molar-refractivity contribution < 1.29 is 17.9 Å². The standard InChI is InChI=1S/C18H29NO4S/c1-6-8-9-18(7-2)12-24(20,21)17-11-16(23-5)15(22-4)10-14(17)13(3)19-18/h10-11,13,19H,6-9,12H2,1-5H3. The SMILES string of the molecule is CCCCC1(CC)CS(=O)(=O)c2cc(OC)c(OC)cc2C(C)N1. The van der Waals surface area contributed by atoms with Crippen LogP contribution in [-0.2, 0) is 9.84 Å². The van der Waals surface area contributed by atoms with Gasteiger partial charge in [-0.25, -0.2) is 8.42 Å². The molecule has 2 rings (SSSR count). The lowest BCUT2D eigenvalue weighted by molar-refractivity contribution is 0.286. The molecule has 2 atom stereocenters. The molecule has 0 fully saturated rings. The fourth-order valence-corrected chi connectivity index (χ4v) is 5.74. The lowest BCUT2D eigenvalue weighted by atomic mass is 9.90. The van der Waals surface area contributed by atoms with Gasteiger partial charge in [-0.05, 0) is 31.4 Å². The minimum atomic E-state index is -3.42. The summed E-state index contributed by atoms with van der Waals surface area (Å²) in [5.74, 6) is 1.12. The molecule has 0 saturated carbocycles. The molecule has 1 aromatic rings. The van der Waals surface area contributed by atoms with Gasteiger partial charge in [-0.3, -0.25) is 0 Å². The first-order chi connectivity index (χ1) is 11.3. The summed E-state index contributed by atoms with van der Waals surface area (Å²) in [6.45, 7) is 6.20. The molecule has 0 aromatic heterocycles. The van der Waals surface area contributed by atoms with E-state index in [1.54, 1.807) is 19.2 Å². The van der Waals surface area contributed by atoms with Crippen LogP contribution >= 0.6 is 0 Å². The van der Waals surface area contributed by atoms with Crippen LogP contribution in [0, 0.1) is 0 Å². The Balaban J connectivity index is 2.59. The molecule has 0 bridgehead atoms. The number of fused-ring (bicyclic) bond motifs is 1. The van der Waals surface area contributed by atoms with Gasteiger partial charge in [0.05, 0.1) is 24.9 Å². The van der Waals surface area contributed by atoms with Crippen LogP contribution in [0.2, 0.25) is 0 Å². The molecule has 2 unspecified atom stereocenters. The van der Waals surface area contributed by atoms with Crippen LogP contribution in [-0.4, -0.2) is 33.9 Å². The van der Waals surface area contributed by atoms with Gasteiger partial charge in [0.1, 0.15) is 0 Å². The predicted molar refractivity (Wildman–Crippen MR) is 95.7 cm³/mol. The Bertz CT molecular complexity index is 687. The second-order valence-corrected chi connectivity index (χ2v) is 8.57. The second kappa shape index (κ2) is 7.31. The minimum absolute atomic E-state index is 0.0751. The van der Waals surface area contributed by atoms with Crippen molar-refractivity contribution in [3.05, 3.63) is 17.7 Å². The largest absolute Gasteiger partial charge is 0.493 e. The molecule has 1 aliphatic heterocycles. The highest BCUT2D eigenvalue weighted by Gasteiger charge is 2.40. The molecule has 1 N–H and O–H groups in total. The van der Waals surface area contributed by atoms with Gasteiger partial charge in [0.25, 0.3) is 0 Å². The maximum atomic E-state index is 13.1. The smallest absolute Gasteiger partial charge is 0.180 e. The molecule has 5 nitrogen and oxygen atoms in total. The van der Waals surface area contributed by atoms with Crippen molar-refractivity contribution >= 4 is 9.84 Å². The highest BCUT2D eigenvalue weighted by Crippen LogP contribution is 2.40. The van der Waals surface area contributed by atoms with E-state index in [1.165, 1.54) is 7.11 Å². The van der Waals surface area contributed by atoms with Gasteiger partial charge >= 0.3 is 0 Å². The Morgan fingerprint density at radius 2 is 1.83 bits per heavy atom. The van der Waals surface area contributed by atoms with Crippen LogP contribution in [0.3, 0.4) is 0 Å². The first-order valence-electron chi connectivity index (χ1n) is 8.59. The predicted octanol–water partition coefficient (Wildman–Crippen LogP) is 3.48. The highest BCUT2D eigenvalue weighted by molar-refractivity contribution is 7.91. The van der Waals surface area contributed by atoms with E-state index in [4.69, 9.17) is 9.47 Å². The number of ether oxygens (including phenoxy) is 2. The molecule has 0 saturated heterocycles. The molecule has 6 heteroatoms. The summed E-state index contributed by atoms with van der Waals surface area (Å²) in [7, 11) is -0.336. The third-order valence-corrected chi connectivity index (χ3v) is 6.95. The normalized spacial score (nSPS) is 25.6. The van der Waals surface area contributed by atoms with Crippen molar-refractivity contribution in [1.82, 2.24) is 5.32 Å². The minimum Gasteiger partial charge on any atom is -0.493 e. The summed E-state index contributed by atoms with van der Waals surface area (Å²) >= 11 is 0. The third-order valence-electron chi connectivity index (χ3n) is 4.99. The molecule has 136 valence electrons. The lowest BCUT2D eigenvalue weighted by Gasteiger charge is -2.34. The van der Waals surface area contributed by atoms with Crippen molar-refractivity contribution in [2.75, 3.05) is 20.0 Å². The quantitative estimate of drug-likeness (QED) is 0.846. The average Bonchev–Trinajstić information content (AvgIpc) is 2.65. The lowest BCUT2D eigenvalue weighted by Crippen LogP contribution is -2.49. The van der Waals surface area contributed by atoms with Crippen LogP contribution in [0.1, 0.15) is 58.1 Å².